The Morgan fingerprint density at radius 2 is 2.31 bits per heavy atom. The normalized spacial score (nSPS) is 28.2. The molecule has 1 saturated carbocycles. The van der Waals surface area contributed by atoms with Gasteiger partial charge in [-0.05, 0) is 18.8 Å². The minimum absolute atomic E-state index is 0.269. The van der Waals surface area contributed by atoms with E-state index in [1.165, 1.54) is 19.3 Å². The smallest absolute Gasteiger partial charge is 0.222 e. The first-order valence-corrected chi connectivity index (χ1v) is 7.14. The molecule has 3 nitrogen and oxygen atoms in total. The van der Waals surface area contributed by atoms with Gasteiger partial charge in [0.25, 0.3) is 0 Å². The van der Waals surface area contributed by atoms with E-state index < -0.39 is 0 Å². The zero-order valence-electron chi connectivity index (χ0n) is 9.88. The van der Waals surface area contributed by atoms with Gasteiger partial charge in [0, 0.05) is 37.4 Å². The molecule has 1 aliphatic carbocycles. The molecule has 0 radical (unpaired) electrons. The molecule has 2 aliphatic rings. The van der Waals surface area contributed by atoms with Crippen LogP contribution in [0.25, 0.3) is 0 Å². The number of alkyl halides is 1. The molecule has 1 heterocycles. The van der Waals surface area contributed by atoms with Crippen molar-refractivity contribution in [2.75, 3.05) is 32.1 Å². The molecule has 0 spiro atoms. The Bertz CT molecular complexity index is 266. The van der Waals surface area contributed by atoms with Gasteiger partial charge in [-0.1, -0.05) is 22.4 Å². The summed E-state index contributed by atoms with van der Waals surface area (Å²) in [6.07, 6.45) is 4.43. The number of carbonyl (C=O) groups is 1. The predicted octanol–water partition coefficient (Wildman–Crippen LogP) is 2.05. The topological polar surface area (TPSA) is 29.5 Å². The largest absolute Gasteiger partial charge is 0.384 e. The number of hydrogen-bond donors (Lipinski definition) is 0. The molecule has 1 atom stereocenters. The zero-order chi connectivity index (χ0) is 11.6. The molecule has 92 valence electrons. The van der Waals surface area contributed by atoms with Crippen molar-refractivity contribution < 1.29 is 9.53 Å². The molecule has 0 N–H and O–H groups in total. The van der Waals surface area contributed by atoms with E-state index in [4.69, 9.17) is 4.74 Å². The van der Waals surface area contributed by atoms with Gasteiger partial charge in [-0.3, -0.25) is 4.79 Å². The van der Waals surface area contributed by atoms with Crippen LogP contribution in [0.5, 0.6) is 0 Å². The second-order valence-corrected chi connectivity index (χ2v) is 5.93. The van der Waals surface area contributed by atoms with E-state index in [0.717, 1.165) is 25.0 Å². The molecule has 1 unspecified atom stereocenters. The van der Waals surface area contributed by atoms with E-state index in [1.807, 2.05) is 4.90 Å². The SMILES string of the molecule is COCC1(CN2CC(CBr)CC2=O)CCC1. The lowest BCUT2D eigenvalue weighted by molar-refractivity contribution is -0.131. The summed E-state index contributed by atoms with van der Waals surface area (Å²) in [6.45, 7) is 2.63. The summed E-state index contributed by atoms with van der Waals surface area (Å²) in [7, 11) is 1.76. The van der Waals surface area contributed by atoms with E-state index in [-0.39, 0.29) is 5.41 Å². The third kappa shape index (κ3) is 2.43. The summed E-state index contributed by atoms with van der Waals surface area (Å²) in [5.74, 6) is 0.832. The summed E-state index contributed by atoms with van der Waals surface area (Å²) in [6, 6.07) is 0. The fourth-order valence-electron chi connectivity index (χ4n) is 2.85. The van der Waals surface area contributed by atoms with E-state index >= 15 is 0 Å². The van der Waals surface area contributed by atoms with Crippen LogP contribution in [0, 0.1) is 11.3 Å². The molecular weight excluding hydrogens is 270 g/mol. The lowest BCUT2D eigenvalue weighted by Gasteiger charge is -2.43. The van der Waals surface area contributed by atoms with Gasteiger partial charge in [-0.15, -0.1) is 0 Å². The van der Waals surface area contributed by atoms with Crippen molar-refractivity contribution in [3.8, 4) is 0 Å². The van der Waals surface area contributed by atoms with E-state index in [0.29, 0.717) is 18.2 Å². The number of carbonyl (C=O) groups excluding carboxylic acids is 1. The average molecular weight is 290 g/mol. The van der Waals surface area contributed by atoms with Crippen molar-refractivity contribution in [2.45, 2.75) is 25.7 Å². The summed E-state index contributed by atoms with van der Waals surface area (Å²) in [5, 5.41) is 0.937. The average Bonchev–Trinajstić information content (AvgIpc) is 2.56. The van der Waals surface area contributed by atoms with E-state index in [9.17, 15) is 4.79 Å². The molecule has 0 aromatic heterocycles. The minimum Gasteiger partial charge on any atom is -0.384 e. The van der Waals surface area contributed by atoms with Crippen LogP contribution in [-0.2, 0) is 9.53 Å². The molecule has 4 heteroatoms. The Balaban J connectivity index is 1.91. The van der Waals surface area contributed by atoms with Gasteiger partial charge in [0.15, 0.2) is 0 Å². The van der Waals surface area contributed by atoms with Crippen LogP contribution in [0.3, 0.4) is 0 Å². The second-order valence-electron chi connectivity index (χ2n) is 5.29. The summed E-state index contributed by atoms with van der Waals surface area (Å²) < 4.78 is 5.30. The summed E-state index contributed by atoms with van der Waals surface area (Å²) in [4.78, 5) is 13.9. The molecule has 1 aliphatic heterocycles. The van der Waals surface area contributed by atoms with Gasteiger partial charge in [-0.25, -0.2) is 0 Å². The van der Waals surface area contributed by atoms with Gasteiger partial charge in [0.05, 0.1) is 6.61 Å². The number of likely N-dealkylation sites (tertiary alicyclic amines) is 1. The second kappa shape index (κ2) is 5.05. The Kier molecular flexibility index (Phi) is 3.90. The highest BCUT2D eigenvalue weighted by Crippen LogP contribution is 2.42. The van der Waals surface area contributed by atoms with E-state index in [1.54, 1.807) is 7.11 Å². The molecule has 0 bridgehead atoms. The molecule has 2 rings (SSSR count). The zero-order valence-corrected chi connectivity index (χ0v) is 11.5. The number of methoxy groups -OCH3 is 1. The molecular formula is C12H20BrNO2. The summed E-state index contributed by atoms with van der Waals surface area (Å²) in [5.41, 5.74) is 0.269. The van der Waals surface area contributed by atoms with Crippen LogP contribution in [-0.4, -0.2) is 42.9 Å². The van der Waals surface area contributed by atoms with Gasteiger partial charge >= 0.3 is 0 Å². The quantitative estimate of drug-likeness (QED) is 0.725. The highest BCUT2D eigenvalue weighted by Gasteiger charge is 2.41. The van der Waals surface area contributed by atoms with Crippen molar-refractivity contribution in [2.24, 2.45) is 11.3 Å². The minimum atomic E-state index is 0.269. The Morgan fingerprint density at radius 1 is 1.56 bits per heavy atom. The fourth-order valence-corrected chi connectivity index (χ4v) is 3.28. The van der Waals surface area contributed by atoms with Crippen LogP contribution in [0.1, 0.15) is 25.7 Å². The van der Waals surface area contributed by atoms with Gasteiger partial charge in [0.2, 0.25) is 5.91 Å². The van der Waals surface area contributed by atoms with Crippen molar-refractivity contribution in [1.82, 2.24) is 4.90 Å². The van der Waals surface area contributed by atoms with Crippen LogP contribution >= 0.6 is 15.9 Å². The molecule has 2 fully saturated rings. The highest BCUT2D eigenvalue weighted by atomic mass is 79.9. The van der Waals surface area contributed by atoms with Crippen molar-refractivity contribution in [3.05, 3.63) is 0 Å². The Labute approximate surface area is 106 Å². The van der Waals surface area contributed by atoms with Gasteiger partial charge in [0.1, 0.15) is 0 Å². The van der Waals surface area contributed by atoms with Crippen molar-refractivity contribution >= 4 is 21.8 Å². The van der Waals surface area contributed by atoms with Crippen LogP contribution in [0.4, 0.5) is 0 Å². The lowest BCUT2D eigenvalue weighted by atomic mass is 9.69. The Morgan fingerprint density at radius 3 is 2.75 bits per heavy atom. The first-order valence-electron chi connectivity index (χ1n) is 6.02. The third-order valence-corrected chi connectivity index (χ3v) is 4.82. The van der Waals surface area contributed by atoms with Crippen molar-refractivity contribution in [3.63, 3.8) is 0 Å². The number of amides is 1. The van der Waals surface area contributed by atoms with Gasteiger partial charge < -0.3 is 9.64 Å². The predicted molar refractivity (Wildman–Crippen MR) is 66.6 cm³/mol. The first kappa shape index (κ1) is 12.4. The van der Waals surface area contributed by atoms with Crippen LogP contribution < -0.4 is 0 Å². The number of hydrogen-bond acceptors (Lipinski definition) is 2. The first-order chi connectivity index (χ1) is 7.69. The maximum atomic E-state index is 11.8. The third-order valence-electron chi connectivity index (χ3n) is 3.90. The van der Waals surface area contributed by atoms with Crippen LogP contribution in [0.2, 0.25) is 0 Å². The van der Waals surface area contributed by atoms with Crippen molar-refractivity contribution in [1.29, 1.82) is 0 Å². The summed E-state index contributed by atoms with van der Waals surface area (Å²) >= 11 is 3.47. The standard InChI is InChI=1S/C12H20BrNO2/c1-16-9-12(3-2-4-12)8-14-7-10(6-13)5-11(14)15/h10H,2-9H2,1H3. The molecule has 1 saturated heterocycles. The number of halogens is 1. The highest BCUT2D eigenvalue weighted by molar-refractivity contribution is 9.09. The molecule has 1 amide bonds. The van der Waals surface area contributed by atoms with E-state index in [2.05, 4.69) is 15.9 Å². The molecule has 0 aromatic rings. The molecule has 0 aromatic carbocycles. The number of ether oxygens (including phenoxy) is 1. The maximum absolute atomic E-state index is 11.8. The number of rotatable bonds is 5. The Hall–Kier alpha value is -0.0900. The lowest BCUT2D eigenvalue weighted by Crippen LogP contribution is -2.45. The number of nitrogens with zero attached hydrogens (tertiary/aromatic N) is 1. The van der Waals surface area contributed by atoms with Crippen LogP contribution in [0.15, 0.2) is 0 Å². The maximum Gasteiger partial charge on any atom is 0.222 e. The monoisotopic (exact) mass is 289 g/mol. The van der Waals surface area contributed by atoms with Gasteiger partial charge in [-0.2, -0.15) is 0 Å². The fraction of sp³-hybridized carbons (Fsp3) is 0.917. The molecule has 16 heavy (non-hydrogen) atoms.